The summed E-state index contributed by atoms with van der Waals surface area (Å²) in [6.45, 7) is 0.186. The molecule has 0 unspecified atom stereocenters. The number of para-hydroxylation sites is 2. The van der Waals surface area contributed by atoms with Crippen LogP contribution in [0.5, 0.6) is 5.75 Å². The fourth-order valence-corrected chi connectivity index (χ4v) is 6.07. The van der Waals surface area contributed by atoms with Crippen LogP contribution in [0.15, 0.2) is 48.5 Å². The minimum absolute atomic E-state index is 0.127. The molecule has 2 heterocycles. The minimum atomic E-state index is -0.723. The van der Waals surface area contributed by atoms with Crippen LogP contribution in [0.4, 0.5) is 5.69 Å². The zero-order chi connectivity index (χ0) is 18.8. The maximum atomic E-state index is 13.2. The Labute approximate surface area is 166 Å². The number of nitrogens with zero attached hydrogens (tertiary/aromatic N) is 1. The van der Waals surface area contributed by atoms with Gasteiger partial charge in [-0.1, -0.05) is 24.3 Å². The number of benzene rings is 2. The van der Waals surface area contributed by atoms with Gasteiger partial charge in [0.1, 0.15) is 5.75 Å². The van der Waals surface area contributed by atoms with E-state index in [0.29, 0.717) is 21.6 Å². The lowest BCUT2D eigenvalue weighted by Crippen LogP contribution is -2.50. The number of carbonyl (C=O) groups is 2. The van der Waals surface area contributed by atoms with Gasteiger partial charge in [0, 0.05) is 24.1 Å². The molecule has 4 rings (SSSR count). The average molecular weight is 401 g/mol. The molecule has 0 aliphatic carbocycles. The number of anilines is 1. The van der Waals surface area contributed by atoms with E-state index in [9.17, 15) is 9.59 Å². The first-order valence-corrected chi connectivity index (χ1v) is 10.9. The van der Waals surface area contributed by atoms with Crippen LogP contribution >= 0.6 is 23.5 Å². The fraction of sp³-hybridized carbons (Fsp3) is 0.300. The predicted octanol–water partition coefficient (Wildman–Crippen LogP) is 3.32. The van der Waals surface area contributed by atoms with Gasteiger partial charge in [-0.25, -0.2) is 0 Å². The number of likely N-dealkylation sites (N-methyl/N-ethyl adjacent to an activating group) is 1. The highest BCUT2D eigenvalue weighted by Gasteiger charge is 2.33. The molecule has 2 aromatic rings. The van der Waals surface area contributed by atoms with Crippen LogP contribution in [0.25, 0.3) is 0 Å². The van der Waals surface area contributed by atoms with Crippen molar-refractivity contribution in [3.63, 3.8) is 0 Å². The normalized spacial score (nSPS) is 19.3. The van der Waals surface area contributed by atoms with Crippen molar-refractivity contribution in [1.82, 2.24) is 5.32 Å². The molecule has 7 heteroatoms. The van der Waals surface area contributed by atoms with E-state index in [0.717, 1.165) is 0 Å². The Kier molecular flexibility index (Phi) is 5.31. The number of hydrogen-bond donors (Lipinski definition) is 1. The van der Waals surface area contributed by atoms with Crippen molar-refractivity contribution in [3.8, 4) is 5.75 Å². The molecule has 27 heavy (non-hydrogen) atoms. The van der Waals surface area contributed by atoms with Gasteiger partial charge in [-0.3, -0.25) is 9.59 Å². The molecule has 0 aromatic heterocycles. The molecule has 5 nitrogen and oxygen atoms in total. The monoisotopic (exact) mass is 400 g/mol. The van der Waals surface area contributed by atoms with Crippen molar-refractivity contribution < 1.29 is 14.3 Å². The first kappa shape index (κ1) is 18.3. The number of fused-ring (bicyclic) bond motifs is 1. The summed E-state index contributed by atoms with van der Waals surface area (Å²) in [6.07, 6.45) is -0.723. The maximum Gasteiger partial charge on any atom is 0.262 e. The predicted molar refractivity (Wildman–Crippen MR) is 111 cm³/mol. The molecule has 0 bridgehead atoms. The summed E-state index contributed by atoms with van der Waals surface area (Å²) in [4.78, 5) is 26.9. The van der Waals surface area contributed by atoms with Crippen LogP contribution in [0.3, 0.4) is 0 Å². The van der Waals surface area contributed by atoms with Gasteiger partial charge in [0.05, 0.1) is 16.8 Å². The Morgan fingerprint density at radius 2 is 1.78 bits per heavy atom. The molecule has 140 valence electrons. The Bertz CT molecular complexity index is 851. The molecule has 0 saturated carbocycles. The number of nitrogens with one attached hydrogen (secondary N) is 1. The maximum absolute atomic E-state index is 13.2. The highest BCUT2D eigenvalue weighted by molar-refractivity contribution is 8.19. The summed E-state index contributed by atoms with van der Waals surface area (Å²) in [5.74, 6) is 2.51. The zero-order valence-corrected chi connectivity index (χ0v) is 16.5. The fourth-order valence-electron chi connectivity index (χ4n) is 3.21. The molecular weight excluding hydrogens is 380 g/mol. The van der Waals surface area contributed by atoms with Crippen LogP contribution in [0.1, 0.15) is 20.5 Å². The van der Waals surface area contributed by atoms with Gasteiger partial charge in [-0.05, 0) is 29.8 Å². The van der Waals surface area contributed by atoms with Crippen LogP contribution in [0.2, 0.25) is 0 Å². The lowest BCUT2D eigenvalue weighted by Gasteiger charge is -2.34. The number of amides is 2. The van der Waals surface area contributed by atoms with E-state index >= 15 is 0 Å². The van der Waals surface area contributed by atoms with E-state index in [-0.39, 0.29) is 18.4 Å². The van der Waals surface area contributed by atoms with Crippen molar-refractivity contribution >= 4 is 41.0 Å². The van der Waals surface area contributed by atoms with E-state index in [1.807, 2.05) is 66.0 Å². The number of thioether (sulfide) groups is 2. The first-order valence-electron chi connectivity index (χ1n) is 8.79. The molecule has 2 amide bonds. The summed E-state index contributed by atoms with van der Waals surface area (Å²) in [7, 11) is 1.57. The van der Waals surface area contributed by atoms with Crippen LogP contribution in [-0.4, -0.2) is 43.0 Å². The smallest absolute Gasteiger partial charge is 0.262 e. The molecule has 0 radical (unpaired) electrons. The Morgan fingerprint density at radius 1 is 1.07 bits per heavy atom. The average Bonchev–Trinajstić information content (AvgIpc) is 3.27. The second kappa shape index (κ2) is 7.86. The molecule has 1 fully saturated rings. The van der Waals surface area contributed by atoms with Crippen molar-refractivity contribution in [2.75, 3.05) is 30.0 Å². The third-order valence-corrected chi connectivity index (χ3v) is 7.71. The highest BCUT2D eigenvalue weighted by Crippen LogP contribution is 2.45. The molecule has 0 spiro atoms. The molecule has 1 N–H and O–H groups in total. The van der Waals surface area contributed by atoms with E-state index in [4.69, 9.17) is 4.74 Å². The van der Waals surface area contributed by atoms with Gasteiger partial charge >= 0.3 is 0 Å². The summed E-state index contributed by atoms with van der Waals surface area (Å²) in [6, 6.07) is 15.1. The minimum Gasteiger partial charge on any atom is -0.477 e. The molecule has 2 aromatic carbocycles. The van der Waals surface area contributed by atoms with Crippen molar-refractivity contribution in [2.45, 2.75) is 10.7 Å². The second-order valence-electron chi connectivity index (χ2n) is 6.30. The highest BCUT2D eigenvalue weighted by atomic mass is 32.2. The van der Waals surface area contributed by atoms with Crippen LogP contribution in [0, 0.1) is 0 Å². The van der Waals surface area contributed by atoms with Gasteiger partial charge in [0.2, 0.25) is 0 Å². The van der Waals surface area contributed by atoms with Crippen LogP contribution in [-0.2, 0) is 4.79 Å². The summed E-state index contributed by atoms with van der Waals surface area (Å²) >= 11 is 3.88. The number of ether oxygens (including phenoxy) is 1. The van der Waals surface area contributed by atoms with Gasteiger partial charge < -0.3 is 15.0 Å². The number of hydrogen-bond acceptors (Lipinski definition) is 5. The van der Waals surface area contributed by atoms with E-state index < -0.39 is 6.10 Å². The Hall–Kier alpha value is -2.12. The molecule has 2 aliphatic heterocycles. The Morgan fingerprint density at radius 3 is 2.48 bits per heavy atom. The number of rotatable bonds is 3. The van der Waals surface area contributed by atoms with E-state index in [1.165, 1.54) is 17.1 Å². The quantitative estimate of drug-likeness (QED) is 0.857. The summed E-state index contributed by atoms with van der Waals surface area (Å²) in [5, 5.41) is 2.60. The van der Waals surface area contributed by atoms with Gasteiger partial charge in [0.15, 0.2) is 6.10 Å². The van der Waals surface area contributed by atoms with Gasteiger partial charge in [-0.15, -0.1) is 23.5 Å². The summed E-state index contributed by atoms with van der Waals surface area (Å²) in [5.41, 5.74) is 2.54. The second-order valence-corrected chi connectivity index (χ2v) is 9.02. The van der Waals surface area contributed by atoms with E-state index in [1.54, 1.807) is 18.0 Å². The number of carbonyl (C=O) groups excluding carboxylic acids is 2. The molecular formula is C20H20N2O3S2. The first-order chi connectivity index (χ1) is 13.2. The summed E-state index contributed by atoms with van der Waals surface area (Å²) < 4.78 is 6.23. The third-order valence-electron chi connectivity index (χ3n) is 4.61. The van der Waals surface area contributed by atoms with Crippen molar-refractivity contribution in [2.24, 2.45) is 0 Å². The Balaban J connectivity index is 1.60. The lowest BCUT2D eigenvalue weighted by atomic mass is 10.1. The third kappa shape index (κ3) is 3.66. The van der Waals surface area contributed by atoms with Crippen LogP contribution < -0.4 is 15.0 Å². The van der Waals surface area contributed by atoms with Crippen molar-refractivity contribution in [3.05, 3.63) is 59.7 Å². The van der Waals surface area contributed by atoms with E-state index in [2.05, 4.69) is 5.32 Å². The largest absolute Gasteiger partial charge is 0.477 e. The molecule has 2 aliphatic rings. The van der Waals surface area contributed by atoms with Gasteiger partial charge in [-0.2, -0.15) is 0 Å². The van der Waals surface area contributed by atoms with Crippen molar-refractivity contribution in [1.29, 1.82) is 0 Å². The lowest BCUT2D eigenvalue weighted by molar-refractivity contribution is -0.127. The topological polar surface area (TPSA) is 58.6 Å². The van der Waals surface area contributed by atoms with Gasteiger partial charge in [0.25, 0.3) is 11.8 Å². The SMILES string of the molecule is CNC(=O)[C@H]1CN(C(=O)c2ccc(C3SCCS3)cc2)c2ccccc2O1. The molecule has 1 atom stereocenters. The molecule has 1 saturated heterocycles. The zero-order valence-electron chi connectivity index (χ0n) is 14.9. The standard InChI is InChI=1S/C20H20N2O3S2/c1-21-18(23)17-12-22(15-4-2-3-5-16(15)25-17)19(24)13-6-8-14(9-7-13)20-26-10-11-27-20/h2-9,17,20H,10-12H2,1H3,(H,21,23)/t17-/m1/s1.